The fourth-order valence-electron chi connectivity index (χ4n) is 6.09. The molecule has 0 bridgehead atoms. The molecule has 2 aliphatic rings. The number of rotatable bonds is 8. The van der Waals surface area contributed by atoms with E-state index < -0.39 is 42.7 Å². The van der Waals surface area contributed by atoms with Crippen LogP contribution in [0, 0.1) is 0 Å². The molecule has 1 saturated heterocycles. The van der Waals surface area contributed by atoms with Crippen molar-refractivity contribution in [3.8, 4) is 0 Å². The van der Waals surface area contributed by atoms with Gasteiger partial charge in [0, 0.05) is 11.9 Å². The molecule has 3 aromatic rings. The van der Waals surface area contributed by atoms with Crippen LogP contribution in [-0.2, 0) is 39.2 Å². The normalized spacial score (nSPS) is 18.3. The van der Waals surface area contributed by atoms with Crippen LogP contribution >= 0.6 is 0 Å². The Hall–Kier alpha value is -4.74. The number of urea groups is 1. The molecule has 12 heteroatoms. The molecule has 1 atom stereocenters. The first kappa shape index (κ1) is 30.7. The van der Waals surface area contributed by atoms with Crippen LogP contribution < -0.4 is 10.6 Å². The fraction of sp³-hybridized carbons (Fsp3) is 0.344. The minimum atomic E-state index is -4.81. The Bertz CT molecular complexity index is 1580. The van der Waals surface area contributed by atoms with Gasteiger partial charge in [-0.2, -0.15) is 13.2 Å². The minimum absolute atomic E-state index is 0.00880. The van der Waals surface area contributed by atoms with Gasteiger partial charge in [-0.1, -0.05) is 43.3 Å². The number of halogens is 3. The Labute approximate surface area is 252 Å². The standard InChI is InChI=1S/C32H32F3N5O4/c1-2-21-13-14-24(17-23(21)18-27(41)38-26-12-6-8-16-36-26)37-28(42)19-40-30(44)39(20-32(33,34)35)29(43)31(40)15-7-5-10-22-9-3-4-11-25(22)31/h3-4,6,8-9,11-14,16-17H,2,5,7,10,15,18-20H2,1H3,(H,37,42)(H,36,38,41). The molecule has 2 N–H and O–H groups in total. The summed E-state index contributed by atoms with van der Waals surface area (Å²) < 4.78 is 40.5. The Morgan fingerprint density at radius 3 is 2.45 bits per heavy atom. The first-order valence-corrected chi connectivity index (χ1v) is 14.4. The number of imide groups is 1. The second-order valence-corrected chi connectivity index (χ2v) is 10.9. The van der Waals surface area contributed by atoms with Gasteiger partial charge in [0.2, 0.25) is 11.8 Å². The van der Waals surface area contributed by atoms with Crippen LogP contribution in [0.2, 0.25) is 0 Å². The smallest absolute Gasteiger partial charge is 0.325 e. The van der Waals surface area contributed by atoms with Crippen LogP contribution in [0.4, 0.5) is 29.5 Å². The first-order chi connectivity index (χ1) is 21.0. The molecular formula is C32H32F3N5O4. The maximum atomic E-state index is 13.8. The number of fused-ring (bicyclic) bond motifs is 2. The van der Waals surface area contributed by atoms with Gasteiger partial charge in [0.1, 0.15) is 24.4 Å². The van der Waals surface area contributed by atoms with Gasteiger partial charge in [-0.15, -0.1) is 0 Å². The zero-order valence-corrected chi connectivity index (χ0v) is 24.1. The molecule has 9 nitrogen and oxygen atoms in total. The second-order valence-electron chi connectivity index (χ2n) is 10.9. The van der Waals surface area contributed by atoms with E-state index >= 15 is 0 Å². The summed E-state index contributed by atoms with van der Waals surface area (Å²) in [4.78, 5) is 58.7. The largest absolute Gasteiger partial charge is 0.406 e. The summed E-state index contributed by atoms with van der Waals surface area (Å²) in [7, 11) is 0. The van der Waals surface area contributed by atoms with E-state index in [4.69, 9.17) is 0 Å². The number of alkyl halides is 3. The van der Waals surface area contributed by atoms with E-state index in [1.54, 1.807) is 66.9 Å². The van der Waals surface area contributed by atoms with Crippen molar-refractivity contribution in [3.63, 3.8) is 0 Å². The van der Waals surface area contributed by atoms with Crippen molar-refractivity contribution < 1.29 is 32.3 Å². The van der Waals surface area contributed by atoms with E-state index in [1.165, 1.54) is 0 Å². The highest BCUT2D eigenvalue weighted by Crippen LogP contribution is 2.45. The third-order valence-corrected chi connectivity index (χ3v) is 8.01. The fourth-order valence-corrected chi connectivity index (χ4v) is 6.09. The number of pyridine rings is 1. The summed E-state index contributed by atoms with van der Waals surface area (Å²) in [6.07, 6.45) is -0.766. The van der Waals surface area contributed by atoms with Crippen molar-refractivity contribution in [2.24, 2.45) is 0 Å². The monoisotopic (exact) mass is 607 g/mol. The van der Waals surface area contributed by atoms with Crippen LogP contribution in [0.5, 0.6) is 0 Å². The molecule has 1 unspecified atom stereocenters. The van der Waals surface area contributed by atoms with Crippen molar-refractivity contribution in [2.75, 3.05) is 23.7 Å². The number of nitrogens with one attached hydrogen (secondary N) is 2. The number of carbonyl (C=O) groups excluding carboxylic acids is 4. The molecule has 2 aromatic carbocycles. The van der Waals surface area contributed by atoms with Crippen LogP contribution in [0.1, 0.15) is 48.4 Å². The van der Waals surface area contributed by atoms with Crippen molar-refractivity contribution >= 4 is 35.3 Å². The van der Waals surface area contributed by atoms with Gasteiger partial charge in [0.15, 0.2) is 0 Å². The van der Waals surface area contributed by atoms with Crippen molar-refractivity contribution in [2.45, 2.75) is 57.2 Å². The molecule has 230 valence electrons. The molecule has 5 amide bonds. The number of aromatic nitrogens is 1. The molecule has 2 heterocycles. The maximum Gasteiger partial charge on any atom is 0.406 e. The number of benzene rings is 2. The minimum Gasteiger partial charge on any atom is -0.325 e. The lowest BCUT2D eigenvalue weighted by molar-refractivity contribution is -0.155. The summed E-state index contributed by atoms with van der Waals surface area (Å²) in [6, 6.07) is 16.0. The van der Waals surface area contributed by atoms with Gasteiger partial charge in [-0.25, -0.2) is 9.78 Å². The maximum absolute atomic E-state index is 13.8. The van der Waals surface area contributed by atoms with E-state index in [2.05, 4.69) is 15.6 Å². The molecule has 5 rings (SSSR count). The molecular weight excluding hydrogens is 575 g/mol. The zero-order chi connectivity index (χ0) is 31.5. The lowest BCUT2D eigenvalue weighted by atomic mass is 9.83. The average molecular weight is 608 g/mol. The van der Waals surface area contributed by atoms with E-state index in [0.717, 1.165) is 16.0 Å². The van der Waals surface area contributed by atoms with Crippen molar-refractivity contribution in [1.29, 1.82) is 0 Å². The highest BCUT2D eigenvalue weighted by atomic mass is 19.4. The molecule has 0 saturated carbocycles. The highest BCUT2D eigenvalue weighted by molar-refractivity contribution is 6.09. The summed E-state index contributed by atoms with van der Waals surface area (Å²) >= 11 is 0. The zero-order valence-electron chi connectivity index (χ0n) is 24.1. The van der Waals surface area contributed by atoms with Gasteiger partial charge in [-0.05, 0) is 78.6 Å². The Morgan fingerprint density at radius 1 is 0.955 bits per heavy atom. The third-order valence-electron chi connectivity index (χ3n) is 8.01. The lowest BCUT2D eigenvalue weighted by Crippen LogP contribution is -2.50. The molecule has 1 fully saturated rings. The van der Waals surface area contributed by atoms with Crippen LogP contribution in [0.25, 0.3) is 0 Å². The molecule has 1 spiro atoms. The Balaban J connectivity index is 1.40. The summed E-state index contributed by atoms with van der Waals surface area (Å²) in [6.45, 7) is -0.451. The number of carbonyl (C=O) groups is 4. The number of anilines is 2. The third kappa shape index (κ3) is 6.29. The quantitative estimate of drug-likeness (QED) is 0.342. The number of nitrogens with zero attached hydrogens (tertiary/aromatic N) is 3. The Kier molecular flexibility index (Phi) is 8.70. The predicted octanol–water partition coefficient (Wildman–Crippen LogP) is 5.21. The van der Waals surface area contributed by atoms with Crippen LogP contribution in [0.3, 0.4) is 0 Å². The molecule has 1 aliphatic heterocycles. The predicted molar refractivity (Wildman–Crippen MR) is 157 cm³/mol. The molecule has 0 radical (unpaired) electrons. The van der Waals surface area contributed by atoms with Crippen LogP contribution in [-0.4, -0.2) is 57.8 Å². The lowest BCUT2D eigenvalue weighted by Gasteiger charge is -2.35. The molecule has 1 aliphatic carbocycles. The summed E-state index contributed by atoms with van der Waals surface area (Å²) in [5.41, 5.74) is 1.37. The molecule has 44 heavy (non-hydrogen) atoms. The van der Waals surface area contributed by atoms with E-state index in [1.807, 2.05) is 6.92 Å². The number of hydrogen-bond acceptors (Lipinski definition) is 5. The number of hydrogen-bond donors (Lipinski definition) is 2. The highest BCUT2D eigenvalue weighted by Gasteiger charge is 2.60. The van der Waals surface area contributed by atoms with E-state index in [9.17, 15) is 32.3 Å². The topological polar surface area (TPSA) is 112 Å². The van der Waals surface area contributed by atoms with Gasteiger partial charge in [0.05, 0.1) is 6.42 Å². The van der Waals surface area contributed by atoms with Gasteiger partial charge in [-0.3, -0.25) is 24.2 Å². The summed E-state index contributed by atoms with van der Waals surface area (Å²) in [5, 5.41) is 5.44. The first-order valence-electron chi connectivity index (χ1n) is 14.4. The second kappa shape index (κ2) is 12.5. The molecule has 1 aromatic heterocycles. The number of amides is 5. The summed E-state index contributed by atoms with van der Waals surface area (Å²) in [5.74, 6) is -1.56. The van der Waals surface area contributed by atoms with Crippen molar-refractivity contribution in [3.05, 3.63) is 89.1 Å². The number of aryl methyl sites for hydroxylation is 2. The van der Waals surface area contributed by atoms with Gasteiger partial charge in [0.25, 0.3) is 5.91 Å². The van der Waals surface area contributed by atoms with Crippen molar-refractivity contribution in [1.82, 2.24) is 14.8 Å². The van der Waals surface area contributed by atoms with Gasteiger partial charge < -0.3 is 10.6 Å². The van der Waals surface area contributed by atoms with E-state index in [0.29, 0.717) is 48.3 Å². The SMILES string of the molecule is CCc1ccc(NC(=O)CN2C(=O)N(CC(F)(F)F)C(=O)C23CCCCc2ccccc23)cc1CC(=O)Nc1ccccn1. The average Bonchev–Trinajstić information content (AvgIpc) is 3.10. The Morgan fingerprint density at radius 2 is 1.73 bits per heavy atom. The van der Waals surface area contributed by atoms with Gasteiger partial charge >= 0.3 is 12.2 Å². The van der Waals surface area contributed by atoms with E-state index in [-0.39, 0.29) is 23.6 Å². The van der Waals surface area contributed by atoms with Crippen LogP contribution in [0.15, 0.2) is 66.9 Å².